The van der Waals surface area contributed by atoms with Crippen LogP contribution in [0, 0.1) is 0 Å². The minimum atomic E-state index is -1.67. The number of carbonyl (C=O) groups excluding carboxylic acids is 1. The van der Waals surface area contributed by atoms with E-state index in [4.69, 9.17) is 19.3 Å². The van der Waals surface area contributed by atoms with Crippen LogP contribution in [-0.4, -0.2) is 42.5 Å². The maximum Gasteiger partial charge on any atom is 0.335 e. The van der Waals surface area contributed by atoms with Gasteiger partial charge in [-0.15, -0.1) is 0 Å². The Bertz CT molecular complexity index is 484. The number of esters is 1. The van der Waals surface area contributed by atoms with Crippen molar-refractivity contribution in [3.8, 4) is 11.5 Å². The van der Waals surface area contributed by atoms with Crippen LogP contribution in [0.5, 0.6) is 11.5 Å². The fourth-order valence-electron chi connectivity index (χ4n) is 1.47. The zero-order valence-electron chi connectivity index (χ0n) is 11.2. The number of benzene rings is 1. The molecule has 0 bridgehead atoms. The van der Waals surface area contributed by atoms with Crippen molar-refractivity contribution in [2.75, 3.05) is 14.2 Å². The van der Waals surface area contributed by atoms with E-state index in [1.54, 1.807) is 18.2 Å². The molecule has 110 valence electrons. The van der Waals surface area contributed by atoms with Crippen molar-refractivity contribution in [2.24, 2.45) is 0 Å². The molecule has 1 unspecified atom stereocenters. The number of ether oxygens (including phenoxy) is 3. The van der Waals surface area contributed by atoms with Crippen LogP contribution < -0.4 is 9.47 Å². The fraction of sp³-hybridized carbons (Fsp3) is 0.385. The van der Waals surface area contributed by atoms with E-state index >= 15 is 0 Å². The number of aliphatic hydroxyl groups is 1. The van der Waals surface area contributed by atoms with E-state index in [0.29, 0.717) is 17.1 Å². The Kier molecular flexibility index (Phi) is 5.79. The van der Waals surface area contributed by atoms with Crippen LogP contribution in [0.1, 0.15) is 12.0 Å². The average Bonchev–Trinajstić information content (AvgIpc) is 2.43. The Hall–Kier alpha value is -2.28. The Morgan fingerprint density at radius 2 is 1.85 bits per heavy atom. The molecule has 2 N–H and O–H groups in total. The van der Waals surface area contributed by atoms with Gasteiger partial charge in [0.2, 0.25) is 0 Å². The molecule has 0 saturated heterocycles. The first-order valence-electron chi connectivity index (χ1n) is 5.75. The standard InChI is InChI=1S/C13H16O7/c1-18-10-4-3-8(5-11(10)19-2)7-20-13(17)9(14)6-12(15)16/h3-5,9,14H,6-7H2,1-2H3,(H,15,16). The predicted octanol–water partition coefficient (Wildman–Crippen LogP) is 0.583. The molecule has 20 heavy (non-hydrogen) atoms. The van der Waals surface area contributed by atoms with E-state index in [1.165, 1.54) is 14.2 Å². The number of methoxy groups -OCH3 is 2. The highest BCUT2D eigenvalue weighted by atomic mass is 16.5. The summed E-state index contributed by atoms with van der Waals surface area (Å²) in [6.07, 6.45) is -2.36. The van der Waals surface area contributed by atoms with E-state index in [1.807, 2.05) is 0 Å². The van der Waals surface area contributed by atoms with Gasteiger partial charge in [0, 0.05) is 0 Å². The molecule has 0 fully saturated rings. The number of hydrogen-bond donors (Lipinski definition) is 2. The first-order valence-corrected chi connectivity index (χ1v) is 5.75. The number of carbonyl (C=O) groups is 2. The Labute approximate surface area is 115 Å². The zero-order valence-corrected chi connectivity index (χ0v) is 11.2. The van der Waals surface area contributed by atoms with Crippen molar-refractivity contribution in [3.05, 3.63) is 23.8 Å². The smallest absolute Gasteiger partial charge is 0.335 e. The third-order valence-corrected chi connectivity index (χ3v) is 2.47. The van der Waals surface area contributed by atoms with Crippen molar-refractivity contribution in [3.63, 3.8) is 0 Å². The molecule has 1 atom stereocenters. The quantitative estimate of drug-likeness (QED) is 0.706. The molecule has 1 aromatic rings. The average molecular weight is 284 g/mol. The molecule has 0 aliphatic rings. The molecule has 7 nitrogen and oxygen atoms in total. The lowest BCUT2D eigenvalue weighted by Gasteiger charge is -2.11. The Balaban J connectivity index is 2.61. The molecule has 0 aliphatic heterocycles. The summed E-state index contributed by atoms with van der Waals surface area (Å²) in [5, 5.41) is 17.7. The van der Waals surface area contributed by atoms with Gasteiger partial charge in [-0.05, 0) is 17.7 Å². The lowest BCUT2D eigenvalue weighted by Crippen LogP contribution is -2.25. The second-order valence-electron chi connectivity index (χ2n) is 3.91. The van der Waals surface area contributed by atoms with Crippen LogP contribution >= 0.6 is 0 Å². The number of aliphatic carboxylic acids is 1. The lowest BCUT2D eigenvalue weighted by molar-refractivity contribution is -0.159. The second-order valence-corrected chi connectivity index (χ2v) is 3.91. The molecule has 7 heteroatoms. The topological polar surface area (TPSA) is 102 Å². The highest BCUT2D eigenvalue weighted by Gasteiger charge is 2.20. The van der Waals surface area contributed by atoms with E-state index in [-0.39, 0.29) is 6.61 Å². The molecule has 0 saturated carbocycles. The minimum Gasteiger partial charge on any atom is -0.493 e. The third kappa shape index (κ3) is 4.43. The van der Waals surface area contributed by atoms with Gasteiger partial charge in [-0.25, -0.2) is 4.79 Å². The summed E-state index contributed by atoms with van der Waals surface area (Å²) in [6.45, 7) is -0.101. The van der Waals surface area contributed by atoms with Gasteiger partial charge < -0.3 is 24.4 Å². The molecule has 0 spiro atoms. The van der Waals surface area contributed by atoms with Gasteiger partial charge in [-0.2, -0.15) is 0 Å². The van der Waals surface area contributed by atoms with E-state index in [9.17, 15) is 14.7 Å². The molecule has 0 aromatic heterocycles. The summed E-state index contributed by atoms with van der Waals surface area (Å²) in [4.78, 5) is 21.7. The van der Waals surface area contributed by atoms with Crippen LogP contribution in [-0.2, 0) is 20.9 Å². The summed E-state index contributed by atoms with van der Waals surface area (Å²) < 4.78 is 15.0. The molecular weight excluding hydrogens is 268 g/mol. The number of hydrogen-bond acceptors (Lipinski definition) is 6. The first-order chi connectivity index (χ1) is 9.47. The highest BCUT2D eigenvalue weighted by molar-refractivity contribution is 5.80. The van der Waals surface area contributed by atoms with E-state index in [0.717, 1.165) is 0 Å². The van der Waals surface area contributed by atoms with Crippen LogP contribution in [0.3, 0.4) is 0 Å². The SMILES string of the molecule is COc1ccc(COC(=O)C(O)CC(=O)O)cc1OC. The molecule has 0 heterocycles. The summed E-state index contributed by atoms with van der Waals surface area (Å²) in [6, 6.07) is 4.93. The van der Waals surface area contributed by atoms with Crippen LogP contribution in [0.15, 0.2) is 18.2 Å². The summed E-state index contributed by atoms with van der Waals surface area (Å²) in [5.74, 6) is -1.25. The first kappa shape index (κ1) is 15.8. The Morgan fingerprint density at radius 3 is 2.40 bits per heavy atom. The van der Waals surface area contributed by atoms with Crippen LogP contribution in [0.4, 0.5) is 0 Å². The normalized spacial score (nSPS) is 11.6. The summed E-state index contributed by atoms with van der Waals surface area (Å²) in [7, 11) is 2.98. The van der Waals surface area contributed by atoms with Gasteiger partial charge >= 0.3 is 11.9 Å². The number of aliphatic hydroxyl groups excluding tert-OH is 1. The second kappa shape index (κ2) is 7.34. The molecule has 0 aliphatic carbocycles. The van der Waals surface area contributed by atoms with E-state index < -0.39 is 24.5 Å². The minimum absolute atomic E-state index is 0.101. The number of carboxylic acids is 1. The van der Waals surface area contributed by atoms with Gasteiger partial charge in [0.15, 0.2) is 17.6 Å². The molecule has 0 amide bonds. The van der Waals surface area contributed by atoms with Crippen LogP contribution in [0.2, 0.25) is 0 Å². The fourth-order valence-corrected chi connectivity index (χ4v) is 1.47. The maximum atomic E-state index is 11.3. The molecule has 1 rings (SSSR count). The van der Waals surface area contributed by atoms with Crippen molar-refractivity contribution in [2.45, 2.75) is 19.1 Å². The number of carboxylic acid groups (broad SMARTS) is 1. The van der Waals surface area contributed by atoms with Gasteiger partial charge in [0.1, 0.15) is 6.61 Å². The summed E-state index contributed by atoms with van der Waals surface area (Å²) >= 11 is 0. The van der Waals surface area contributed by atoms with Gasteiger partial charge in [0.25, 0.3) is 0 Å². The molecular formula is C13H16O7. The lowest BCUT2D eigenvalue weighted by atomic mass is 10.2. The van der Waals surface area contributed by atoms with E-state index in [2.05, 4.69) is 0 Å². The predicted molar refractivity (Wildman–Crippen MR) is 67.6 cm³/mol. The summed E-state index contributed by atoms with van der Waals surface area (Å²) in [5.41, 5.74) is 0.624. The third-order valence-electron chi connectivity index (χ3n) is 2.47. The number of rotatable bonds is 7. The van der Waals surface area contributed by atoms with Crippen LogP contribution in [0.25, 0.3) is 0 Å². The highest BCUT2D eigenvalue weighted by Crippen LogP contribution is 2.27. The van der Waals surface area contributed by atoms with Gasteiger partial charge in [0.05, 0.1) is 20.6 Å². The van der Waals surface area contributed by atoms with Crippen molar-refractivity contribution >= 4 is 11.9 Å². The largest absolute Gasteiger partial charge is 0.493 e. The molecule has 1 aromatic carbocycles. The monoisotopic (exact) mass is 284 g/mol. The zero-order chi connectivity index (χ0) is 15.1. The van der Waals surface area contributed by atoms with Crippen molar-refractivity contribution < 1.29 is 34.0 Å². The maximum absolute atomic E-state index is 11.3. The Morgan fingerprint density at radius 1 is 1.20 bits per heavy atom. The van der Waals surface area contributed by atoms with Gasteiger partial charge in [-0.3, -0.25) is 4.79 Å². The van der Waals surface area contributed by atoms with Gasteiger partial charge in [-0.1, -0.05) is 6.07 Å². The molecule has 0 radical (unpaired) electrons. The van der Waals surface area contributed by atoms with Crippen molar-refractivity contribution in [1.82, 2.24) is 0 Å². The van der Waals surface area contributed by atoms with Crippen molar-refractivity contribution in [1.29, 1.82) is 0 Å².